The average Bonchev–Trinajstić information content (AvgIpc) is 2.23. The number of nitrogens with one attached hydrogen (secondary N) is 1. The molecule has 0 rings (SSSR count). The van der Waals surface area contributed by atoms with Gasteiger partial charge in [0.1, 0.15) is 0 Å². The molecule has 0 aromatic heterocycles. The van der Waals surface area contributed by atoms with E-state index in [4.69, 9.17) is 0 Å². The van der Waals surface area contributed by atoms with E-state index in [-0.39, 0.29) is 18.9 Å². The highest BCUT2D eigenvalue weighted by Crippen LogP contribution is 1.96. The second kappa shape index (κ2) is 7.83. The van der Waals surface area contributed by atoms with Crippen molar-refractivity contribution in [2.24, 2.45) is 0 Å². The number of methoxy groups -OCH3 is 1. The maximum Gasteiger partial charge on any atom is 0.309 e. The molecule has 18 heavy (non-hydrogen) atoms. The van der Waals surface area contributed by atoms with Gasteiger partial charge in [0.2, 0.25) is 5.91 Å². The molecule has 0 radical (unpaired) electrons. The first-order valence-electron chi connectivity index (χ1n) is 5.09. The van der Waals surface area contributed by atoms with E-state index in [2.05, 4.69) is 14.2 Å². The summed E-state index contributed by atoms with van der Waals surface area (Å²) in [4.78, 5) is 21.7. The summed E-state index contributed by atoms with van der Waals surface area (Å²) in [7, 11) is -2.32. The van der Waals surface area contributed by atoms with Gasteiger partial charge in [-0.15, -0.1) is 0 Å². The number of carbonyl (C=O) groups is 2. The molecule has 0 aliphatic rings. The molecular weight excluding hydrogens is 262 g/mol. The molecule has 0 aromatic carbocycles. The number of amides is 1. The van der Waals surface area contributed by atoms with Gasteiger partial charge in [-0.2, -0.15) is 8.42 Å². The van der Waals surface area contributed by atoms with Crippen LogP contribution in [-0.2, 0) is 28.6 Å². The molecule has 0 bridgehead atoms. The van der Waals surface area contributed by atoms with Crippen molar-refractivity contribution in [3.63, 3.8) is 0 Å². The normalized spacial score (nSPS) is 13.3. The fourth-order valence-electron chi connectivity index (χ4n) is 1.02. The van der Waals surface area contributed by atoms with Gasteiger partial charge < -0.3 is 10.1 Å². The number of carbonyl (C=O) groups excluding carboxylic acids is 2. The summed E-state index contributed by atoms with van der Waals surface area (Å²) in [6.45, 7) is 1.07. The van der Waals surface area contributed by atoms with Crippen LogP contribution in [0.3, 0.4) is 0 Å². The van der Waals surface area contributed by atoms with Crippen molar-refractivity contribution in [3.8, 4) is 0 Å². The fraction of sp³-hybridized carbons (Fsp3) is 0.600. The Morgan fingerprint density at radius 2 is 2.00 bits per heavy atom. The van der Waals surface area contributed by atoms with Crippen LogP contribution in [0.5, 0.6) is 0 Å². The molecule has 8 heteroatoms. The van der Waals surface area contributed by atoms with Gasteiger partial charge in [0.25, 0.3) is 10.1 Å². The van der Waals surface area contributed by atoms with Crippen LogP contribution in [-0.4, -0.2) is 46.3 Å². The van der Waals surface area contributed by atoms with E-state index in [1.165, 1.54) is 26.2 Å². The van der Waals surface area contributed by atoms with Crippen LogP contribution in [0, 0.1) is 0 Å². The Labute approximate surface area is 106 Å². The van der Waals surface area contributed by atoms with Gasteiger partial charge in [0, 0.05) is 6.92 Å². The molecule has 0 saturated heterocycles. The molecule has 0 aliphatic heterocycles. The number of esters is 1. The van der Waals surface area contributed by atoms with Crippen LogP contribution in [0.4, 0.5) is 0 Å². The summed E-state index contributed by atoms with van der Waals surface area (Å²) in [6.07, 6.45) is 3.89. The average molecular weight is 279 g/mol. The second-order valence-electron chi connectivity index (χ2n) is 3.50. The molecule has 0 spiro atoms. The van der Waals surface area contributed by atoms with E-state index < -0.39 is 22.1 Å². The summed E-state index contributed by atoms with van der Waals surface area (Å²) in [6, 6.07) is -0.623. The Kier molecular flexibility index (Phi) is 7.21. The molecule has 1 atom stereocenters. The van der Waals surface area contributed by atoms with Gasteiger partial charge in [-0.05, 0) is 0 Å². The molecule has 0 heterocycles. The lowest BCUT2D eigenvalue weighted by atomic mass is 10.2. The Morgan fingerprint density at radius 3 is 2.44 bits per heavy atom. The van der Waals surface area contributed by atoms with E-state index in [1.807, 2.05) is 0 Å². The number of hydrogen-bond donors (Lipinski definition) is 1. The van der Waals surface area contributed by atoms with Crippen LogP contribution in [0.15, 0.2) is 12.2 Å². The first-order chi connectivity index (χ1) is 8.24. The van der Waals surface area contributed by atoms with Gasteiger partial charge in [0.15, 0.2) is 0 Å². The van der Waals surface area contributed by atoms with Gasteiger partial charge in [-0.25, -0.2) is 0 Å². The third-order valence-corrected chi connectivity index (χ3v) is 2.30. The van der Waals surface area contributed by atoms with Gasteiger partial charge in [-0.3, -0.25) is 13.8 Å². The Bertz CT molecular complexity index is 414. The molecule has 1 unspecified atom stereocenters. The molecule has 0 aromatic rings. The SMILES string of the molecule is COC(=O)CC=CC(COS(C)(=O)=O)NC(C)=O. The van der Waals surface area contributed by atoms with Crippen molar-refractivity contribution in [1.29, 1.82) is 0 Å². The molecular formula is C10H17NO6S. The van der Waals surface area contributed by atoms with Crippen molar-refractivity contribution in [2.75, 3.05) is 20.0 Å². The maximum atomic E-state index is 10.9. The van der Waals surface area contributed by atoms with Crippen LogP contribution in [0.1, 0.15) is 13.3 Å². The van der Waals surface area contributed by atoms with Gasteiger partial charge >= 0.3 is 5.97 Å². The van der Waals surface area contributed by atoms with Gasteiger partial charge in [0.05, 0.1) is 32.4 Å². The highest BCUT2D eigenvalue weighted by Gasteiger charge is 2.10. The van der Waals surface area contributed by atoms with Crippen molar-refractivity contribution >= 4 is 22.0 Å². The highest BCUT2D eigenvalue weighted by molar-refractivity contribution is 7.85. The van der Waals surface area contributed by atoms with Crippen LogP contribution in [0.25, 0.3) is 0 Å². The predicted octanol–water partition coefficient (Wildman–Crippen LogP) is -0.413. The first-order valence-corrected chi connectivity index (χ1v) is 6.91. The summed E-state index contributed by atoms with van der Waals surface area (Å²) < 4.78 is 30.6. The van der Waals surface area contributed by atoms with Crippen molar-refractivity contribution < 1.29 is 26.9 Å². The first kappa shape index (κ1) is 16.6. The van der Waals surface area contributed by atoms with Crippen LogP contribution in [0.2, 0.25) is 0 Å². The topological polar surface area (TPSA) is 98.8 Å². The number of rotatable bonds is 7. The highest BCUT2D eigenvalue weighted by atomic mass is 32.2. The van der Waals surface area contributed by atoms with E-state index in [0.29, 0.717) is 0 Å². The summed E-state index contributed by atoms with van der Waals surface area (Å²) in [5, 5.41) is 2.48. The zero-order valence-corrected chi connectivity index (χ0v) is 11.3. The summed E-state index contributed by atoms with van der Waals surface area (Å²) in [5.74, 6) is -0.767. The lowest BCUT2D eigenvalue weighted by molar-refractivity contribution is -0.139. The Hall–Kier alpha value is -1.41. The minimum absolute atomic E-state index is 0.0332. The number of ether oxygens (including phenoxy) is 1. The molecule has 1 N–H and O–H groups in total. The molecule has 7 nitrogen and oxygen atoms in total. The molecule has 0 fully saturated rings. The third kappa shape index (κ3) is 9.79. The molecule has 1 amide bonds. The summed E-state index contributed by atoms with van der Waals surface area (Å²) >= 11 is 0. The van der Waals surface area contributed by atoms with E-state index in [0.717, 1.165) is 6.26 Å². The van der Waals surface area contributed by atoms with Gasteiger partial charge in [-0.1, -0.05) is 12.2 Å². The van der Waals surface area contributed by atoms with Crippen LogP contribution >= 0.6 is 0 Å². The lowest BCUT2D eigenvalue weighted by Gasteiger charge is -2.12. The zero-order valence-electron chi connectivity index (χ0n) is 10.5. The monoisotopic (exact) mass is 279 g/mol. The standard InChI is InChI=1S/C10H17NO6S/c1-8(12)11-9(7-17-18(3,14)15)5-4-6-10(13)16-2/h4-5,9H,6-7H2,1-3H3,(H,11,12). The molecule has 0 aliphatic carbocycles. The molecule has 104 valence electrons. The predicted molar refractivity (Wildman–Crippen MR) is 64.2 cm³/mol. The van der Waals surface area contributed by atoms with Crippen molar-refractivity contribution in [1.82, 2.24) is 5.32 Å². The fourth-order valence-corrected chi connectivity index (χ4v) is 1.41. The maximum absolute atomic E-state index is 10.9. The smallest absolute Gasteiger partial charge is 0.309 e. The van der Waals surface area contributed by atoms with E-state index >= 15 is 0 Å². The zero-order chi connectivity index (χ0) is 14.2. The van der Waals surface area contributed by atoms with Crippen molar-refractivity contribution in [2.45, 2.75) is 19.4 Å². The largest absolute Gasteiger partial charge is 0.469 e. The Morgan fingerprint density at radius 1 is 1.39 bits per heavy atom. The van der Waals surface area contributed by atoms with E-state index in [9.17, 15) is 18.0 Å². The summed E-state index contributed by atoms with van der Waals surface area (Å²) in [5.41, 5.74) is 0. The minimum Gasteiger partial charge on any atom is -0.469 e. The molecule has 0 saturated carbocycles. The van der Waals surface area contributed by atoms with E-state index in [1.54, 1.807) is 0 Å². The number of hydrogen-bond acceptors (Lipinski definition) is 6. The quantitative estimate of drug-likeness (QED) is 0.386. The van der Waals surface area contributed by atoms with Crippen molar-refractivity contribution in [3.05, 3.63) is 12.2 Å². The second-order valence-corrected chi connectivity index (χ2v) is 5.15. The third-order valence-electron chi connectivity index (χ3n) is 1.73. The lowest BCUT2D eigenvalue weighted by Crippen LogP contribution is -2.35. The Balaban J connectivity index is 4.39. The van der Waals surface area contributed by atoms with Crippen LogP contribution < -0.4 is 5.32 Å². The minimum atomic E-state index is -3.58.